The Kier molecular flexibility index (Phi) is 5.30. The number of nitrogens with one attached hydrogen (secondary N) is 1. The number of hydrogen-bond donors (Lipinski definition) is 1. The Bertz CT molecular complexity index is 1110. The van der Waals surface area contributed by atoms with Crippen LogP contribution in [0, 0.1) is 0 Å². The van der Waals surface area contributed by atoms with E-state index in [2.05, 4.69) is 15.5 Å². The number of hydrogen-bond acceptors (Lipinski definition) is 6. The molecule has 150 valence electrons. The standard InChI is InChI=1S/C20H20N4O4S/c25-20(21-14-18-22-19(23-28-18)15-7-2-1-3-8-15)16-9-6-10-17(13-16)24-11-4-5-12-29(24,26)27/h1-3,6-10,13H,4-5,11-12,14H2,(H,21,25). The normalized spacial score (nSPS) is 15.8. The number of carbonyl (C=O) groups excluding carboxylic acids is 1. The van der Waals surface area contributed by atoms with Crippen molar-refractivity contribution in [1.29, 1.82) is 0 Å². The van der Waals surface area contributed by atoms with Gasteiger partial charge in [-0.25, -0.2) is 8.42 Å². The zero-order valence-electron chi connectivity index (χ0n) is 15.6. The van der Waals surface area contributed by atoms with E-state index in [0.717, 1.165) is 12.0 Å². The lowest BCUT2D eigenvalue weighted by atomic mass is 10.2. The van der Waals surface area contributed by atoms with Crippen LogP contribution >= 0.6 is 0 Å². The lowest BCUT2D eigenvalue weighted by molar-refractivity contribution is 0.0946. The molecule has 2 heterocycles. The fourth-order valence-corrected chi connectivity index (χ4v) is 4.80. The van der Waals surface area contributed by atoms with Gasteiger partial charge in [0.1, 0.15) is 0 Å². The minimum absolute atomic E-state index is 0.0743. The molecule has 1 aliphatic heterocycles. The van der Waals surface area contributed by atoms with Crippen molar-refractivity contribution in [3.63, 3.8) is 0 Å². The van der Waals surface area contributed by atoms with Crippen LogP contribution in [0.1, 0.15) is 29.1 Å². The van der Waals surface area contributed by atoms with Gasteiger partial charge in [-0.05, 0) is 31.0 Å². The predicted molar refractivity (Wildman–Crippen MR) is 108 cm³/mol. The molecule has 0 spiro atoms. The van der Waals surface area contributed by atoms with Gasteiger partial charge in [0.05, 0.1) is 18.0 Å². The number of sulfonamides is 1. The summed E-state index contributed by atoms with van der Waals surface area (Å²) < 4.78 is 31.1. The van der Waals surface area contributed by atoms with E-state index >= 15 is 0 Å². The van der Waals surface area contributed by atoms with Crippen LogP contribution in [0.5, 0.6) is 0 Å². The van der Waals surface area contributed by atoms with E-state index in [1.807, 2.05) is 30.3 Å². The third kappa shape index (κ3) is 4.29. The number of nitrogens with zero attached hydrogens (tertiary/aromatic N) is 3. The second-order valence-corrected chi connectivity index (χ2v) is 8.72. The molecule has 0 unspecified atom stereocenters. The first kappa shape index (κ1) is 19.1. The number of benzene rings is 2. The van der Waals surface area contributed by atoms with Crippen LogP contribution in [0.3, 0.4) is 0 Å². The first-order valence-corrected chi connectivity index (χ1v) is 10.9. The van der Waals surface area contributed by atoms with Gasteiger partial charge in [-0.3, -0.25) is 9.10 Å². The molecule has 1 aromatic heterocycles. The van der Waals surface area contributed by atoms with Crippen LogP contribution in [0.4, 0.5) is 5.69 Å². The summed E-state index contributed by atoms with van der Waals surface area (Å²) in [6.07, 6.45) is 1.46. The van der Waals surface area contributed by atoms with E-state index in [1.165, 1.54) is 4.31 Å². The third-order valence-corrected chi connectivity index (χ3v) is 6.52. The molecule has 1 N–H and O–H groups in total. The van der Waals surface area contributed by atoms with Crippen molar-refractivity contribution in [1.82, 2.24) is 15.5 Å². The SMILES string of the molecule is O=C(NCc1nc(-c2ccccc2)no1)c1cccc(N2CCCCS2(=O)=O)c1. The lowest BCUT2D eigenvalue weighted by Crippen LogP contribution is -2.38. The summed E-state index contributed by atoms with van der Waals surface area (Å²) in [6, 6.07) is 16.0. The highest BCUT2D eigenvalue weighted by Gasteiger charge is 2.26. The summed E-state index contributed by atoms with van der Waals surface area (Å²) in [7, 11) is -3.33. The van der Waals surface area contributed by atoms with E-state index in [1.54, 1.807) is 24.3 Å². The Morgan fingerprint density at radius 1 is 1.10 bits per heavy atom. The Morgan fingerprint density at radius 3 is 2.72 bits per heavy atom. The first-order valence-electron chi connectivity index (χ1n) is 9.30. The average Bonchev–Trinajstić information content (AvgIpc) is 3.21. The second-order valence-electron chi connectivity index (χ2n) is 6.71. The molecule has 1 saturated heterocycles. The van der Waals surface area contributed by atoms with E-state index in [0.29, 0.717) is 30.0 Å². The molecule has 0 radical (unpaired) electrons. The molecule has 9 heteroatoms. The zero-order chi connectivity index (χ0) is 20.3. The monoisotopic (exact) mass is 412 g/mol. The summed E-state index contributed by atoms with van der Waals surface area (Å²) in [4.78, 5) is 16.8. The highest BCUT2D eigenvalue weighted by atomic mass is 32.2. The molecule has 1 amide bonds. The van der Waals surface area contributed by atoms with Crippen molar-refractivity contribution >= 4 is 21.6 Å². The highest BCUT2D eigenvalue weighted by Crippen LogP contribution is 2.24. The van der Waals surface area contributed by atoms with Gasteiger partial charge >= 0.3 is 0 Å². The second kappa shape index (κ2) is 8.04. The number of anilines is 1. The van der Waals surface area contributed by atoms with Crippen molar-refractivity contribution in [2.45, 2.75) is 19.4 Å². The fourth-order valence-electron chi connectivity index (χ4n) is 3.17. The molecule has 2 aromatic carbocycles. The summed E-state index contributed by atoms with van der Waals surface area (Å²) in [5.74, 6) is 0.518. The maximum Gasteiger partial charge on any atom is 0.251 e. The van der Waals surface area contributed by atoms with E-state index in [-0.39, 0.29) is 24.1 Å². The maximum absolute atomic E-state index is 12.5. The van der Waals surface area contributed by atoms with Crippen LogP contribution < -0.4 is 9.62 Å². The Hall–Kier alpha value is -3.20. The molecule has 1 aliphatic rings. The predicted octanol–water partition coefficient (Wildman–Crippen LogP) is 2.60. The van der Waals surface area contributed by atoms with Crippen molar-refractivity contribution in [3.05, 3.63) is 66.1 Å². The molecule has 0 aliphatic carbocycles. The van der Waals surface area contributed by atoms with Crippen molar-refractivity contribution < 1.29 is 17.7 Å². The third-order valence-electron chi connectivity index (χ3n) is 4.65. The maximum atomic E-state index is 12.5. The molecule has 0 bridgehead atoms. The zero-order valence-corrected chi connectivity index (χ0v) is 16.4. The minimum atomic E-state index is -3.33. The van der Waals surface area contributed by atoms with E-state index in [9.17, 15) is 13.2 Å². The van der Waals surface area contributed by atoms with Gasteiger partial charge in [0.15, 0.2) is 0 Å². The van der Waals surface area contributed by atoms with Gasteiger partial charge in [-0.15, -0.1) is 0 Å². The highest BCUT2D eigenvalue weighted by molar-refractivity contribution is 7.92. The summed E-state index contributed by atoms with van der Waals surface area (Å²) in [6.45, 7) is 0.503. The Balaban J connectivity index is 1.44. The van der Waals surface area contributed by atoms with Crippen LogP contribution in [0.15, 0.2) is 59.1 Å². The van der Waals surface area contributed by atoms with Crippen LogP contribution in [-0.4, -0.2) is 36.8 Å². The van der Waals surface area contributed by atoms with E-state index in [4.69, 9.17) is 4.52 Å². The number of carbonyl (C=O) groups is 1. The lowest BCUT2D eigenvalue weighted by Gasteiger charge is -2.28. The molecule has 4 rings (SSSR count). The molecule has 29 heavy (non-hydrogen) atoms. The fraction of sp³-hybridized carbons (Fsp3) is 0.250. The van der Waals surface area contributed by atoms with Crippen LogP contribution in [0.2, 0.25) is 0 Å². The topological polar surface area (TPSA) is 105 Å². The van der Waals surface area contributed by atoms with Gasteiger partial charge in [-0.2, -0.15) is 4.98 Å². The first-order chi connectivity index (χ1) is 14.0. The van der Waals surface area contributed by atoms with Gasteiger partial charge in [0.25, 0.3) is 5.91 Å². The summed E-state index contributed by atoms with van der Waals surface area (Å²) in [5.41, 5.74) is 1.69. The van der Waals surface area contributed by atoms with Crippen LogP contribution in [-0.2, 0) is 16.6 Å². The molecule has 8 nitrogen and oxygen atoms in total. The van der Waals surface area contributed by atoms with Crippen molar-refractivity contribution in [3.8, 4) is 11.4 Å². The van der Waals surface area contributed by atoms with Gasteiger partial charge < -0.3 is 9.84 Å². The largest absolute Gasteiger partial charge is 0.343 e. The van der Waals surface area contributed by atoms with Crippen LogP contribution in [0.25, 0.3) is 11.4 Å². The summed E-state index contributed by atoms with van der Waals surface area (Å²) in [5, 5.41) is 6.65. The summed E-state index contributed by atoms with van der Waals surface area (Å²) >= 11 is 0. The minimum Gasteiger partial charge on any atom is -0.343 e. The quantitative estimate of drug-likeness (QED) is 0.691. The van der Waals surface area contributed by atoms with Crippen molar-refractivity contribution in [2.24, 2.45) is 0 Å². The number of amides is 1. The number of rotatable bonds is 5. The molecule has 0 saturated carbocycles. The van der Waals surface area contributed by atoms with E-state index < -0.39 is 10.0 Å². The van der Waals surface area contributed by atoms with Gasteiger partial charge in [-0.1, -0.05) is 41.6 Å². The Morgan fingerprint density at radius 2 is 1.93 bits per heavy atom. The molecular weight excluding hydrogens is 392 g/mol. The Labute approximate surface area is 168 Å². The molecule has 3 aromatic rings. The van der Waals surface area contributed by atoms with Crippen molar-refractivity contribution in [2.75, 3.05) is 16.6 Å². The average molecular weight is 412 g/mol. The molecule has 0 atom stereocenters. The van der Waals surface area contributed by atoms with Gasteiger partial charge in [0.2, 0.25) is 21.7 Å². The molecule has 1 fully saturated rings. The van der Waals surface area contributed by atoms with Gasteiger partial charge in [0, 0.05) is 17.7 Å². The smallest absolute Gasteiger partial charge is 0.251 e. The molecular formula is C20H20N4O4S. The number of aromatic nitrogens is 2.